The number of hydrogen-bond acceptors (Lipinski definition) is 6. The third-order valence-electron chi connectivity index (χ3n) is 4.89. The van der Waals surface area contributed by atoms with Crippen LogP contribution >= 0.6 is 0 Å². The van der Waals surface area contributed by atoms with Gasteiger partial charge in [-0.05, 0) is 30.3 Å². The molecule has 0 aliphatic carbocycles. The summed E-state index contributed by atoms with van der Waals surface area (Å²) in [5, 5.41) is 4.46. The summed E-state index contributed by atoms with van der Waals surface area (Å²) in [6.07, 6.45) is -1.87. The molecule has 30 heavy (non-hydrogen) atoms. The Bertz CT molecular complexity index is 1040. The van der Waals surface area contributed by atoms with Gasteiger partial charge >= 0.3 is 6.18 Å². The summed E-state index contributed by atoms with van der Waals surface area (Å²) >= 11 is 0. The van der Waals surface area contributed by atoms with Crippen LogP contribution in [0.15, 0.2) is 59.7 Å². The Labute approximate surface area is 170 Å². The van der Waals surface area contributed by atoms with Crippen LogP contribution in [0.1, 0.15) is 11.3 Å². The molecule has 0 N–H and O–H groups in total. The lowest BCUT2D eigenvalue weighted by Gasteiger charge is -2.36. The lowest BCUT2D eigenvalue weighted by Crippen LogP contribution is -2.47. The Morgan fingerprint density at radius 1 is 0.867 bits per heavy atom. The van der Waals surface area contributed by atoms with E-state index in [1.165, 1.54) is 16.8 Å². The van der Waals surface area contributed by atoms with Crippen molar-refractivity contribution in [1.29, 1.82) is 0 Å². The first kappa shape index (κ1) is 19.9. The average molecular weight is 416 g/mol. The molecule has 10 heteroatoms. The van der Waals surface area contributed by atoms with Crippen LogP contribution in [0, 0.1) is 0 Å². The Morgan fingerprint density at radius 2 is 1.57 bits per heavy atom. The van der Waals surface area contributed by atoms with Crippen molar-refractivity contribution in [2.24, 2.45) is 0 Å². The van der Waals surface area contributed by atoms with Gasteiger partial charge in [0.1, 0.15) is 11.6 Å². The Kier molecular flexibility index (Phi) is 5.39. The lowest BCUT2D eigenvalue weighted by atomic mass is 10.2. The number of anilines is 2. The molecule has 156 valence electrons. The fraction of sp³-hybridized carbons (Fsp3) is 0.300. The molecule has 1 fully saturated rings. The maximum Gasteiger partial charge on any atom is 0.417 e. The molecule has 4 rings (SSSR count). The highest BCUT2D eigenvalue weighted by Gasteiger charge is 2.31. The van der Waals surface area contributed by atoms with Crippen LogP contribution in [0.4, 0.5) is 24.8 Å². The number of piperazine rings is 1. The zero-order valence-electron chi connectivity index (χ0n) is 16.0. The summed E-state index contributed by atoms with van der Waals surface area (Å²) in [6, 6.07) is 11.1. The third kappa shape index (κ3) is 4.42. The molecule has 0 radical (unpaired) electrons. The van der Waals surface area contributed by atoms with Gasteiger partial charge < -0.3 is 9.80 Å². The van der Waals surface area contributed by atoms with Crippen LogP contribution in [0.5, 0.6) is 0 Å². The summed E-state index contributed by atoms with van der Waals surface area (Å²) in [4.78, 5) is 24.3. The van der Waals surface area contributed by atoms with E-state index in [4.69, 9.17) is 0 Å². The molecule has 3 aromatic rings. The molecule has 1 aliphatic rings. The van der Waals surface area contributed by atoms with Crippen LogP contribution < -0.4 is 15.4 Å². The first-order valence-corrected chi connectivity index (χ1v) is 9.41. The van der Waals surface area contributed by atoms with E-state index in [2.05, 4.69) is 15.1 Å². The first-order chi connectivity index (χ1) is 14.4. The maximum atomic E-state index is 12.7. The second kappa shape index (κ2) is 8.13. The predicted molar refractivity (Wildman–Crippen MR) is 106 cm³/mol. The van der Waals surface area contributed by atoms with E-state index in [0.717, 1.165) is 18.0 Å². The van der Waals surface area contributed by atoms with Crippen LogP contribution in [0.2, 0.25) is 0 Å². The Morgan fingerprint density at radius 3 is 2.17 bits per heavy atom. The zero-order chi connectivity index (χ0) is 21.1. The van der Waals surface area contributed by atoms with Crippen molar-refractivity contribution >= 4 is 11.6 Å². The van der Waals surface area contributed by atoms with Crippen molar-refractivity contribution in [3.8, 4) is 0 Å². The average Bonchev–Trinajstić information content (AvgIpc) is 2.76. The van der Waals surface area contributed by atoms with E-state index in [9.17, 15) is 18.0 Å². The molecule has 0 saturated carbocycles. The van der Waals surface area contributed by atoms with E-state index in [1.807, 2.05) is 21.9 Å². The monoisotopic (exact) mass is 416 g/mol. The van der Waals surface area contributed by atoms with Gasteiger partial charge in [-0.2, -0.15) is 18.3 Å². The molecular weight excluding hydrogens is 397 g/mol. The summed E-state index contributed by atoms with van der Waals surface area (Å²) in [5.74, 6) is 1.18. The van der Waals surface area contributed by atoms with Gasteiger partial charge in [-0.25, -0.2) is 9.67 Å². The number of pyridine rings is 2. The van der Waals surface area contributed by atoms with Crippen molar-refractivity contribution in [3.63, 3.8) is 0 Å². The molecule has 0 spiro atoms. The summed E-state index contributed by atoms with van der Waals surface area (Å²) < 4.78 is 39.5. The van der Waals surface area contributed by atoms with Gasteiger partial charge in [-0.15, -0.1) is 0 Å². The molecule has 0 unspecified atom stereocenters. The Balaban J connectivity index is 1.43. The molecule has 3 aromatic heterocycles. The molecule has 4 heterocycles. The fourth-order valence-corrected chi connectivity index (χ4v) is 3.27. The van der Waals surface area contributed by atoms with Crippen LogP contribution in [-0.2, 0) is 12.7 Å². The van der Waals surface area contributed by atoms with Crippen molar-refractivity contribution in [1.82, 2.24) is 19.7 Å². The number of nitrogens with zero attached hydrogens (tertiary/aromatic N) is 6. The standard InChI is InChI=1S/C20H19F3N6O/c21-20(22,23)15-4-5-17(25-13-15)27-9-11-28(12-10-27)18-6-7-19(30)29(26-18)14-16-3-1-2-8-24-16/h1-8,13H,9-12,14H2. The predicted octanol–water partition coefficient (Wildman–Crippen LogP) is 2.43. The van der Waals surface area contributed by atoms with Crippen molar-refractivity contribution in [2.45, 2.75) is 12.7 Å². The largest absolute Gasteiger partial charge is 0.417 e. The van der Waals surface area contributed by atoms with E-state index >= 15 is 0 Å². The fourth-order valence-electron chi connectivity index (χ4n) is 3.27. The minimum absolute atomic E-state index is 0.211. The molecule has 0 amide bonds. The number of hydrogen-bond donors (Lipinski definition) is 0. The van der Waals surface area contributed by atoms with Crippen LogP contribution in [-0.4, -0.2) is 45.9 Å². The van der Waals surface area contributed by atoms with Crippen molar-refractivity contribution in [3.05, 3.63) is 76.5 Å². The second-order valence-corrected chi connectivity index (χ2v) is 6.89. The lowest BCUT2D eigenvalue weighted by molar-refractivity contribution is -0.137. The molecule has 0 atom stereocenters. The van der Waals surface area contributed by atoms with E-state index in [1.54, 1.807) is 18.3 Å². The van der Waals surface area contributed by atoms with E-state index < -0.39 is 11.7 Å². The minimum Gasteiger partial charge on any atom is -0.353 e. The SMILES string of the molecule is O=c1ccc(N2CCN(c3ccc(C(F)(F)F)cn3)CC2)nn1Cc1ccccn1. The van der Waals surface area contributed by atoms with Gasteiger partial charge in [-0.3, -0.25) is 9.78 Å². The highest BCUT2D eigenvalue weighted by atomic mass is 19.4. The smallest absolute Gasteiger partial charge is 0.353 e. The molecule has 7 nitrogen and oxygen atoms in total. The van der Waals surface area contributed by atoms with E-state index in [-0.39, 0.29) is 12.1 Å². The first-order valence-electron chi connectivity index (χ1n) is 9.41. The molecule has 0 bridgehead atoms. The number of rotatable bonds is 4. The highest BCUT2D eigenvalue weighted by Crippen LogP contribution is 2.29. The van der Waals surface area contributed by atoms with Gasteiger partial charge in [-0.1, -0.05) is 6.07 Å². The summed E-state index contributed by atoms with van der Waals surface area (Å²) in [5.41, 5.74) is -0.233. The van der Waals surface area contributed by atoms with Gasteiger partial charge in [0.15, 0.2) is 0 Å². The third-order valence-corrected chi connectivity index (χ3v) is 4.89. The molecule has 1 aliphatic heterocycles. The summed E-state index contributed by atoms with van der Waals surface area (Å²) in [7, 11) is 0. The molecule has 1 saturated heterocycles. The minimum atomic E-state index is -4.39. The van der Waals surface area contributed by atoms with Crippen LogP contribution in [0.25, 0.3) is 0 Å². The molecule has 0 aromatic carbocycles. The number of aromatic nitrogens is 4. The highest BCUT2D eigenvalue weighted by molar-refractivity contribution is 5.44. The van der Waals surface area contributed by atoms with Crippen LogP contribution in [0.3, 0.4) is 0 Å². The molecular formula is C20H19F3N6O. The second-order valence-electron chi connectivity index (χ2n) is 6.89. The van der Waals surface area contributed by atoms with Gasteiger partial charge in [0.25, 0.3) is 5.56 Å². The number of alkyl halides is 3. The van der Waals surface area contributed by atoms with Crippen molar-refractivity contribution < 1.29 is 13.2 Å². The number of halogens is 3. The zero-order valence-corrected chi connectivity index (χ0v) is 16.0. The van der Waals surface area contributed by atoms with E-state index in [0.29, 0.717) is 37.8 Å². The quantitative estimate of drug-likeness (QED) is 0.651. The normalized spacial score (nSPS) is 14.8. The maximum absolute atomic E-state index is 12.7. The van der Waals surface area contributed by atoms with Gasteiger partial charge in [0.2, 0.25) is 0 Å². The van der Waals surface area contributed by atoms with Crippen molar-refractivity contribution in [2.75, 3.05) is 36.0 Å². The topological polar surface area (TPSA) is 67.2 Å². The van der Waals surface area contributed by atoms with Gasteiger partial charge in [0, 0.05) is 44.6 Å². The summed E-state index contributed by atoms with van der Waals surface area (Å²) in [6.45, 7) is 2.66. The van der Waals surface area contributed by atoms with Gasteiger partial charge in [0.05, 0.1) is 17.8 Å². The Hall–Kier alpha value is -3.43.